The van der Waals surface area contributed by atoms with Crippen molar-refractivity contribution in [1.29, 1.82) is 0 Å². The first-order chi connectivity index (χ1) is 16.5. The minimum absolute atomic E-state index is 0.0154. The Morgan fingerprint density at radius 3 is 2.35 bits per heavy atom. The van der Waals surface area contributed by atoms with E-state index < -0.39 is 12.1 Å². The molecular weight excluding hydrogens is 452 g/mol. The van der Waals surface area contributed by atoms with Crippen molar-refractivity contribution in [1.82, 2.24) is 10.6 Å². The van der Waals surface area contributed by atoms with Crippen molar-refractivity contribution in [3.63, 3.8) is 0 Å². The second-order valence-electron chi connectivity index (χ2n) is 8.77. The SMILES string of the molecule is O=C(O)CC1CCCC1NC(=O)CSCCNC(=O)OCC1c2ccccc2-c2ccccc21. The van der Waals surface area contributed by atoms with E-state index in [1.807, 2.05) is 24.3 Å². The molecule has 2 aromatic carbocycles. The normalized spacial score (nSPS) is 18.7. The summed E-state index contributed by atoms with van der Waals surface area (Å²) < 4.78 is 5.51. The summed E-state index contributed by atoms with van der Waals surface area (Å²) in [6, 6.07) is 16.4. The lowest BCUT2D eigenvalue weighted by atomic mass is 9.98. The van der Waals surface area contributed by atoms with Crippen molar-refractivity contribution < 1.29 is 24.2 Å². The molecule has 0 aliphatic heterocycles. The number of carbonyl (C=O) groups excluding carboxylic acids is 2. The Hall–Kier alpha value is -3.00. The molecular formula is C26H30N2O5S. The van der Waals surface area contributed by atoms with Crippen molar-refractivity contribution in [2.75, 3.05) is 24.7 Å². The lowest BCUT2D eigenvalue weighted by Gasteiger charge is -2.19. The maximum Gasteiger partial charge on any atom is 0.407 e. The van der Waals surface area contributed by atoms with Gasteiger partial charge in [0.25, 0.3) is 0 Å². The van der Waals surface area contributed by atoms with Gasteiger partial charge in [0.2, 0.25) is 5.91 Å². The van der Waals surface area contributed by atoms with Gasteiger partial charge in [-0.3, -0.25) is 9.59 Å². The number of hydrogen-bond donors (Lipinski definition) is 3. The Morgan fingerprint density at radius 1 is 1.00 bits per heavy atom. The van der Waals surface area contributed by atoms with Gasteiger partial charge in [0.15, 0.2) is 0 Å². The van der Waals surface area contributed by atoms with Crippen LogP contribution in [0.1, 0.15) is 42.7 Å². The quantitative estimate of drug-likeness (QED) is 0.442. The molecule has 4 rings (SSSR count). The van der Waals surface area contributed by atoms with Crippen LogP contribution in [-0.4, -0.2) is 53.8 Å². The molecule has 34 heavy (non-hydrogen) atoms. The zero-order valence-electron chi connectivity index (χ0n) is 19.0. The largest absolute Gasteiger partial charge is 0.481 e. The second-order valence-corrected chi connectivity index (χ2v) is 9.87. The van der Waals surface area contributed by atoms with E-state index in [1.165, 1.54) is 34.0 Å². The van der Waals surface area contributed by atoms with Gasteiger partial charge in [0.05, 0.1) is 12.2 Å². The first-order valence-electron chi connectivity index (χ1n) is 11.7. The molecule has 1 saturated carbocycles. The van der Waals surface area contributed by atoms with Gasteiger partial charge in [-0.2, -0.15) is 11.8 Å². The summed E-state index contributed by atoms with van der Waals surface area (Å²) in [4.78, 5) is 35.3. The summed E-state index contributed by atoms with van der Waals surface area (Å²) in [5.74, 6) is -0.00421. The average molecular weight is 483 g/mol. The Morgan fingerprint density at radius 2 is 1.68 bits per heavy atom. The molecule has 180 valence electrons. The number of amides is 2. The number of alkyl carbamates (subject to hydrolysis) is 1. The lowest BCUT2D eigenvalue weighted by Crippen LogP contribution is -2.39. The van der Waals surface area contributed by atoms with Crippen molar-refractivity contribution in [3.05, 3.63) is 59.7 Å². The van der Waals surface area contributed by atoms with Gasteiger partial charge in [-0.05, 0) is 41.0 Å². The molecule has 2 atom stereocenters. The number of rotatable bonds is 10. The average Bonchev–Trinajstić information content (AvgIpc) is 3.38. The molecule has 8 heteroatoms. The molecule has 3 N–H and O–H groups in total. The van der Waals surface area contributed by atoms with Crippen LogP contribution in [0, 0.1) is 5.92 Å². The highest BCUT2D eigenvalue weighted by Gasteiger charge is 2.30. The highest BCUT2D eigenvalue weighted by Crippen LogP contribution is 2.44. The monoisotopic (exact) mass is 482 g/mol. The van der Waals surface area contributed by atoms with Crippen LogP contribution >= 0.6 is 11.8 Å². The highest BCUT2D eigenvalue weighted by atomic mass is 32.2. The van der Waals surface area contributed by atoms with Crippen molar-refractivity contribution in [2.45, 2.75) is 37.6 Å². The van der Waals surface area contributed by atoms with Crippen LogP contribution in [-0.2, 0) is 14.3 Å². The number of nitrogens with one attached hydrogen (secondary N) is 2. The first-order valence-corrected chi connectivity index (χ1v) is 12.9. The molecule has 1 fully saturated rings. The molecule has 0 aromatic heterocycles. The second kappa shape index (κ2) is 11.4. The Balaban J connectivity index is 1.14. The molecule has 0 spiro atoms. The number of hydrogen-bond acceptors (Lipinski definition) is 5. The summed E-state index contributed by atoms with van der Waals surface area (Å²) in [6.45, 7) is 0.675. The third kappa shape index (κ3) is 5.91. The van der Waals surface area contributed by atoms with Crippen molar-refractivity contribution >= 4 is 29.7 Å². The van der Waals surface area contributed by atoms with E-state index >= 15 is 0 Å². The molecule has 0 radical (unpaired) electrons. The van der Waals surface area contributed by atoms with Gasteiger partial charge >= 0.3 is 12.1 Å². The smallest absolute Gasteiger partial charge is 0.407 e. The van der Waals surface area contributed by atoms with Crippen LogP contribution in [0.15, 0.2) is 48.5 Å². The minimum Gasteiger partial charge on any atom is -0.481 e. The third-order valence-corrected chi connectivity index (χ3v) is 7.49. The molecule has 2 aliphatic rings. The number of thioether (sulfide) groups is 1. The van der Waals surface area contributed by atoms with Crippen LogP contribution in [0.2, 0.25) is 0 Å². The van der Waals surface area contributed by atoms with E-state index in [1.54, 1.807) is 0 Å². The van der Waals surface area contributed by atoms with E-state index in [-0.39, 0.29) is 42.6 Å². The molecule has 2 aliphatic carbocycles. The van der Waals surface area contributed by atoms with E-state index in [0.29, 0.717) is 12.3 Å². The van der Waals surface area contributed by atoms with E-state index in [4.69, 9.17) is 9.84 Å². The predicted octanol–water partition coefficient (Wildman–Crippen LogP) is 4.02. The molecule has 0 heterocycles. The summed E-state index contributed by atoms with van der Waals surface area (Å²) in [7, 11) is 0. The standard InChI is InChI=1S/C26H30N2O5S/c29-24(28-23-11-5-6-17(23)14-25(30)31)16-34-13-12-27-26(32)33-15-22-20-9-3-1-7-18(20)19-8-2-4-10-21(19)22/h1-4,7-10,17,22-23H,5-6,11-16H2,(H,27,32)(H,28,29)(H,30,31). The highest BCUT2D eigenvalue weighted by molar-refractivity contribution is 7.99. The van der Waals surface area contributed by atoms with Crippen molar-refractivity contribution in [2.24, 2.45) is 5.92 Å². The number of benzene rings is 2. The molecule has 0 bridgehead atoms. The van der Waals surface area contributed by atoms with Crippen molar-refractivity contribution in [3.8, 4) is 11.1 Å². The topological polar surface area (TPSA) is 105 Å². The molecule has 0 saturated heterocycles. The maximum atomic E-state index is 12.2. The van der Waals surface area contributed by atoms with Crippen LogP contribution in [0.4, 0.5) is 4.79 Å². The molecule has 7 nitrogen and oxygen atoms in total. The van der Waals surface area contributed by atoms with E-state index in [2.05, 4.69) is 34.9 Å². The fourth-order valence-electron chi connectivity index (χ4n) is 4.98. The summed E-state index contributed by atoms with van der Waals surface area (Å²) in [6.07, 6.45) is 2.25. The zero-order chi connectivity index (χ0) is 23.9. The van der Waals surface area contributed by atoms with E-state index in [0.717, 1.165) is 19.3 Å². The number of aliphatic carboxylic acids is 1. The van der Waals surface area contributed by atoms with Gasteiger partial charge in [-0.25, -0.2) is 4.79 Å². The number of carboxylic acid groups (broad SMARTS) is 1. The van der Waals surface area contributed by atoms with Crippen LogP contribution < -0.4 is 10.6 Å². The molecule has 2 amide bonds. The van der Waals surface area contributed by atoms with Gasteiger partial charge in [-0.15, -0.1) is 0 Å². The third-order valence-electron chi connectivity index (χ3n) is 6.53. The first kappa shape index (κ1) is 24.1. The Bertz CT molecular complexity index is 998. The predicted molar refractivity (Wildman–Crippen MR) is 132 cm³/mol. The summed E-state index contributed by atoms with van der Waals surface area (Å²) in [5.41, 5.74) is 4.72. The van der Waals surface area contributed by atoms with E-state index in [9.17, 15) is 14.4 Å². The number of carboxylic acids is 1. The summed E-state index contributed by atoms with van der Waals surface area (Å²) in [5, 5.41) is 14.7. The lowest BCUT2D eigenvalue weighted by molar-refractivity contribution is -0.138. The fourth-order valence-corrected chi connectivity index (χ4v) is 5.64. The van der Waals surface area contributed by atoms with Gasteiger partial charge < -0.3 is 20.5 Å². The Kier molecular flexibility index (Phi) is 8.11. The van der Waals surface area contributed by atoms with Crippen LogP contribution in [0.25, 0.3) is 11.1 Å². The number of carbonyl (C=O) groups is 3. The van der Waals surface area contributed by atoms with Gasteiger partial charge in [0, 0.05) is 24.3 Å². The number of fused-ring (bicyclic) bond motifs is 3. The Labute approximate surface area is 203 Å². The minimum atomic E-state index is -0.820. The summed E-state index contributed by atoms with van der Waals surface area (Å²) >= 11 is 1.43. The van der Waals surface area contributed by atoms with Gasteiger partial charge in [0.1, 0.15) is 6.61 Å². The van der Waals surface area contributed by atoms with Crippen LogP contribution in [0.3, 0.4) is 0 Å². The zero-order valence-corrected chi connectivity index (χ0v) is 19.8. The maximum absolute atomic E-state index is 12.2. The number of ether oxygens (including phenoxy) is 1. The van der Waals surface area contributed by atoms with Crippen LogP contribution in [0.5, 0.6) is 0 Å². The molecule has 2 aromatic rings. The molecule has 2 unspecified atom stereocenters. The van der Waals surface area contributed by atoms with Gasteiger partial charge in [-0.1, -0.05) is 55.0 Å². The fraction of sp³-hybridized carbons (Fsp3) is 0.423.